The van der Waals surface area contributed by atoms with Gasteiger partial charge >= 0.3 is 5.97 Å². The number of nitrogens with two attached hydrogens (primary N) is 1. The van der Waals surface area contributed by atoms with Crippen LogP contribution in [0.1, 0.15) is 29.6 Å². The number of benzene rings is 1. The van der Waals surface area contributed by atoms with Crippen molar-refractivity contribution in [2.24, 2.45) is 5.92 Å². The number of piperidine rings is 2. The maximum atomic E-state index is 11.4. The maximum absolute atomic E-state index is 11.4. The Morgan fingerprint density at radius 3 is 2.95 bits per heavy atom. The lowest BCUT2D eigenvalue weighted by Crippen LogP contribution is -2.54. The van der Waals surface area contributed by atoms with E-state index in [9.17, 15) is 9.59 Å². The molecular formula is C15H19N3O3. The summed E-state index contributed by atoms with van der Waals surface area (Å²) in [4.78, 5) is 24.7. The molecule has 2 saturated heterocycles. The number of carboxylic acid groups (broad SMARTS) is 1. The number of carboxylic acids is 1. The van der Waals surface area contributed by atoms with Crippen molar-refractivity contribution in [1.29, 1.82) is 0 Å². The van der Waals surface area contributed by atoms with E-state index in [4.69, 9.17) is 10.8 Å². The Hall–Kier alpha value is -2.24. The highest BCUT2D eigenvalue weighted by Gasteiger charge is 2.34. The second-order valence-electron chi connectivity index (χ2n) is 5.79. The zero-order chi connectivity index (χ0) is 15.0. The zero-order valence-corrected chi connectivity index (χ0v) is 11.7. The van der Waals surface area contributed by atoms with Crippen LogP contribution in [0.4, 0.5) is 11.4 Å². The van der Waals surface area contributed by atoms with E-state index in [1.54, 1.807) is 12.1 Å². The summed E-state index contributed by atoms with van der Waals surface area (Å²) in [6.45, 7) is 1.58. The first-order valence-electron chi connectivity index (χ1n) is 7.21. The van der Waals surface area contributed by atoms with Crippen molar-refractivity contribution in [2.45, 2.75) is 25.3 Å². The van der Waals surface area contributed by atoms with Crippen LogP contribution >= 0.6 is 0 Å². The Kier molecular flexibility index (Phi) is 3.45. The third kappa shape index (κ3) is 2.66. The number of carbonyl (C=O) groups is 2. The second kappa shape index (κ2) is 5.27. The van der Waals surface area contributed by atoms with Crippen molar-refractivity contribution >= 4 is 23.3 Å². The molecule has 1 aromatic carbocycles. The van der Waals surface area contributed by atoms with Gasteiger partial charge in [0.2, 0.25) is 5.91 Å². The number of carbonyl (C=O) groups excluding carboxylic acids is 1. The van der Waals surface area contributed by atoms with Gasteiger partial charge in [-0.1, -0.05) is 0 Å². The molecule has 21 heavy (non-hydrogen) atoms. The number of aromatic carboxylic acids is 1. The van der Waals surface area contributed by atoms with Crippen molar-refractivity contribution in [3.05, 3.63) is 23.8 Å². The SMILES string of the molecule is Nc1ccc(C(=O)O)cc1N1CCC2NC(=O)CCC2C1. The van der Waals surface area contributed by atoms with Gasteiger partial charge in [0.25, 0.3) is 0 Å². The summed E-state index contributed by atoms with van der Waals surface area (Å²) >= 11 is 0. The van der Waals surface area contributed by atoms with Crippen LogP contribution in [0.15, 0.2) is 18.2 Å². The molecule has 4 N–H and O–H groups in total. The minimum absolute atomic E-state index is 0.136. The van der Waals surface area contributed by atoms with Crippen LogP contribution in [-0.4, -0.2) is 36.1 Å². The molecule has 2 heterocycles. The van der Waals surface area contributed by atoms with Crippen LogP contribution < -0.4 is 16.0 Å². The summed E-state index contributed by atoms with van der Waals surface area (Å²) in [5.41, 5.74) is 7.63. The van der Waals surface area contributed by atoms with Gasteiger partial charge < -0.3 is 21.1 Å². The number of rotatable bonds is 2. The highest BCUT2D eigenvalue weighted by molar-refractivity contribution is 5.90. The molecule has 1 aromatic rings. The number of nitrogens with one attached hydrogen (secondary N) is 1. The standard InChI is InChI=1S/C15H19N3O3/c16-11-3-1-9(15(20)21)7-13(11)18-6-5-12-10(8-18)2-4-14(19)17-12/h1,3,7,10,12H,2,4-6,8,16H2,(H,17,19)(H,20,21). The predicted octanol–water partition coefficient (Wildman–Crippen LogP) is 1.07. The van der Waals surface area contributed by atoms with Crippen molar-refractivity contribution < 1.29 is 14.7 Å². The van der Waals surface area contributed by atoms with Gasteiger partial charge in [0.15, 0.2) is 0 Å². The molecular weight excluding hydrogens is 270 g/mol. The van der Waals surface area contributed by atoms with E-state index in [1.807, 2.05) is 0 Å². The maximum Gasteiger partial charge on any atom is 0.335 e. The number of nitrogen functional groups attached to an aromatic ring is 1. The van der Waals surface area contributed by atoms with E-state index in [0.29, 0.717) is 18.0 Å². The van der Waals surface area contributed by atoms with E-state index in [2.05, 4.69) is 10.2 Å². The summed E-state index contributed by atoms with van der Waals surface area (Å²) in [6, 6.07) is 5.05. The molecule has 6 heteroatoms. The fourth-order valence-electron chi connectivity index (χ4n) is 3.28. The van der Waals surface area contributed by atoms with Crippen molar-refractivity contribution in [3.63, 3.8) is 0 Å². The molecule has 1 amide bonds. The lowest BCUT2D eigenvalue weighted by atomic mass is 9.85. The van der Waals surface area contributed by atoms with Crippen molar-refractivity contribution in [3.8, 4) is 0 Å². The molecule has 0 aliphatic carbocycles. The smallest absolute Gasteiger partial charge is 0.335 e. The molecule has 0 radical (unpaired) electrons. The highest BCUT2D eigenvalue weighted by atomic mass is 16.4. The first kappa shape index (κ1) is 13.7. The fraction of sp³-hybridized carbons (Fsp3) is 0.467. The van der Waals surface area contributed by atoms with E-state index >= 15 is 0 Å². The summed E-state index contributed by atoms with van der Waals surface area (Å²) in [6.07, 6.45) is 2.32. The Morgan fingerprint density at radius 1 is 1.38 bits per heavy atom. The minimum Gasteiger partial charge on any atom is -0.478 e. The van der Waals surface area contributed by atoms with Crippen LogP contribution in [0.25, 0.3) is 0 Å². The lowest BCUT2D eigenvalue weighted by Gasteiger charge is -2.42. The lowest BCUT2D eigenvalue weighted by molar-refractivity contribution is -0.124. The number of hydrogen-bond donors (Lipinski definition) is 3. The molecule has 0 bridgehead atoms. The molecule has 0 spiro atoms. The molecule has 2 atom stereocenters. The second-order valence-corrected chi connectivity index (χ2v) is 5.79. The Morgan fingerprint density at radius 2 is 2.19 bits per heavy atom. The van der Waals surface area contributed by atoms with Crippen LogP contribution in [0.5, 0.6) is 0 Å². The van der Waals surface area contributed by atoms with Gasteiger partial charge in [-0.2, -0.15) is 0 Å². The molecule has 2 fully saturated rings. The first-order chi connectivity index (χ1) is 10.0. The highest BCUT2D eigenvalue weighted by Crippen LogP contribution is 2.32. The molecule has 2 aliphatic rings. The molecule has 2 aliphatic heterocycles. The van der Waals surface area contributed by atoms with Gasteiger partial charge in [-0.15, -0.1) is 0 Å². The van der Waals surface area contributed by atoms with Gasteiger partial charge in [0.1, 0.15) is 0 Å². The minimum atomic E-state index is -0.948. The molecule has 0 saturated carbocycles. The number of nitrogens with zero attached hydrogens (tertiary/aromatic N) is 1. The summed E-state index contributed by atoms with van der Waals surface area (Å²) in [5.74, 6) is -0.405. The fourth-order valence-corrected chi connectivity index (χ4v) is 3.28. The van der Waals surface area contributed by atoms with E-state index < -0.39 is 5.97 Å². The van der Waals surface area contributed by atoms with Crippen molar-refractivity contribution in [1.82, 2.24) is 5.32 Å². The van der Waals surface area contributed by atoms with Crippen LogP contribution in [0, 0.1) is 5.92 Å². The summed E-state index contributed by atoms with van der Waals surface area (Å²) in [7, 11) is 0. The third-order valence-electron chi connectivity index (χ3n) is 4.44. The van der Waals surface area contributed by atoms with Crippen LogP contribution in [-0.2, 0) is 4.79 Å². The number of fused-ring (bicyclic) bond motifs is 1. The number of hydrogen-bond acceptors (Lipinski definition) is 4. The van der Waals surface area contributed by atoms with Gasteiger partial charge in [-0.3, -0.25) is 4.79 Å². The normalized spacial score (nSPS) is 25.1. The number of anilines is 2. The van der Waals surface area contributed by atoms with E-state index in [-0.39, 0.29) is 17.5 Å². The van der Waals surface area contributed by atoms with Crippen LogP contribution in [0.3, 0.4) is 0 Å². The average molecular weight is 289 g/mol. The van der Waals surface area contributed by atoms with E-state index in [0.717, 1.165) is 31.6 Å². The van der Waals surface area contributed by atoms with Crippen molar-refractivity contribution in [2.75, 3.05) is 23.7 Å². The Bertz CT molecular complexity index is 588. The number of amides is 1. The summed E-state index contributed by atoms with van der Waals surface area (Å²) < 4.78 is 0. The van der Waals surface area contributed by atoms with Gasteiger partial charge in [0, 0.05) is 25.6 Å². The van der Waals surface area contributed by atoms with Crippen LogP contribution in [0.2, 0.25) is 0 Å². The van der Waals surface area contributed by atoms with Gasteiger partial charge in [-0.25, -0.2) is 4.79 Å². The van der Waals surface area contributed by atoms with Gasteiger partial charge in [-0.05, 0) is 37.0 Å². The summed E-state index contributed by atoms with van der Waals surface area (Å²) in [5, 5.41) is 12.2. The molecule has 6 nitrogen and oxygen atoms in total. The molecule has 2 unspecified atom stereocenters. The molecule has 0 aromatic heterocycles. The third-order valence-corrected chi connectivity index (χ3v) is 4.44. The van der Waals surface area contributed by atoms with Gasteiger partial charge in [0.05, 0.1) is 16.9 Å². The average Bonchev–Trinajstić information content (AvgIpc) is 2.47. The zero-order valence-electron chi connectivity index (χ0n) is 11.7. The quantitative estimate of drug-likeness (QED) is 0.708. The topological polar surface area (TPSA) is 95.7 Å². The largest absolute Gasteiger partial charge is 0.478 e. The van der Waals surface area contributed by atoms with E-state index in [1.165, 1.54) is 6.07 Å². The monoisotopic (exact) mass is 289 g/mol. The predicted molar refractivity (Wildman–Crippen MR) is 79.3 cm³/mol. The molecule has 112 valence electrons. The first-order valence-corrected chi connectivity index (χ1v) is 7.21. The Balaban J connectivity index is 1.80. The Labute approximate surface area is 122 Å². The molecule has 3 rings (SSSR count).